The van der Waals surface area contributed by atoms with Crippen LogP contribution in [-0.4, -0.2) is 42.4 Å². The number of likely N-dealkylation sites (tertiary alicyclic amines) is 1. The van der Waals surface area contributed by atoms with Crippen molar-refractivity contribution in [2.24, 2.45) is 5.92 Å². The van der Waals surface area contributed by atoms with E-state index in [1.54, 1.807) is 11.8 Å². The molecule has 6 nitrogen and oxygen atoms in total. The molecule has 1 aromatic rings. The zero-order valence-corrected chi connectivity index (χ0v) is 15.6. The van der Waals surface area contributed by atoms with Crippen LogP contribution in [0.3, 0.4) is 0 Å². The molecular formula is C20H28N2O4. The van der Waals surface area contributed by atoms with Gasteiger partial charge in [0, 0.05) is 25.9 Å². The SMILES string of the molecule is CCOC(=O)C1CCN(C(=O)CCC(=O)N[C@H](C)c2ccccc2)CC1. The molecule has 1 aliphatic heterocycles. The average molecular weight is 360 g/mol. The molecule has 0 aliphatic carbocycles. The maximum absolute atomic E-state index is 12.3. The molecule has 26 heavy (non-hydrogen) atoms. The number of hydrogen-bond donors (Lipinski definition) is 1. The van der Waals surface area contributed by atoms with Crippen LogP contribution in [-0.2, 0) is 19.1 Å². The van der Waals surface area contributed by atoms with Crippen LogP contribution in [0.1, 0.15) is 51.1 Å². The number of ether oxygens (including phenoxy) is 1. The van der Waals surface area contributed by atoms with E-state index in [1.807, 2.05) is 37.3 Å². The molecular weight excluding hydrogens is 332 g/mol. The van der Waals surface area contributed by atoms with Gasteiger partial charge in [-0.05, 0) is 32.3 Å². The fourth-order valence-corrected chi connectivity index (χ4v) is 3.14. The molecule has 1 aromatic carbocycles. The number of amides is 2. The van der Waals surface area contributed by atoms with E-state index in [2.05, 4.69) is 5.32 Å². The first-order valence-electron chi connectivity index (χ1n) is 9.30. The Bertz CT molecular complexity index is 609. The number of carbonyl (C=O) groups excluding carboxylic acids is 3. The number of benzene rings is 1. The van der Waals surface area contributed by atoms with Crippen molar-refractivity contribution in [1.82, 2.24) is 10.2 Å². The summed E-state index contributed by atoms with van der Waals surface area (Å²) >= 11 is 0. The molecule has 0 bridgehead atoms. The second kappa shape index (κ2) is 9.94. The normalized spacial score (nSPS) is 16.0. The van der Waals surface area contributed by atoms with Gasteiger partial charge in [0.1, 0.15) is 0 Å². The van der Waals surface area contributed by atoms with Gasteiger partial charge in [0.15, 0.2) is 0 Å². The van der Waals surface area contributed by atoms with Crippen molar-refractivity contribution in [3.05, 3.63) is 35.9 Å². The largest absolute Gasteiger partial charge is 0.466 e. The van der Waals surface area contributed by atoms with E-state index in [0.717, 1.165) is 5.56 Å². The lowest BCUT2D eigenvalue weighted by atomic mass is 9.96. The standard InChI is InChI=1S/C20H28N2O4/c1-3-26-20(25)17-11-13-22(14-12-17)19(24)10-9-18(23)21-15(2)16-7-5-4-6-8-16/h4-8,15,17H,3,9-14H2,1-2H3,(H,21,23)/t15-/m1/s1. The maximum Gasteiger partial charge on any atom is 0.309 e. The molecule has 1 heterocycles. The molecule has 1 fully saturated rings. The summed E-state index contributed by atoms with van der Waals surface area (Å²) in [5.74, 6) is -0.450. The number of hydrogen-bond acceptors (Lipinski definition) is 4. The molecule has 6 heteroatoms. The summed E-state index contributed by atoms with van der Waals surface area (Å²) in [5.41, 5.74) is 1.04. The lowest BCUT2D eigenvalue weighted by Crippen LogP contribution is -2.41. The molecule has 0 aromatic heterocycles. The van der Waals surface area contributed by atoms with Crippen LogP contribution in [0.25, 0.3) is 0 Å². The lowest BCUT2D eigenvalue weighted by molar-refractivity contribution is -0.151. The van der Waals surface area contributed by atoms with E-state index in [4.69, 9.17) is 4.74 Å². The van der Waals surface area contributed by atoms with E-state index in [1.165, 1.54) is 0 Å². The Morgan fingerprint density at radius 2 is 1.81 bits per heavy atom. The Hall–Kier alpha value is -2.37. The van der Waals surface area contributed by atoms with E-state index in [9.17, 15) is 14.4 Å². The molecule has 0 saturated carbocycles. The van der Waals surface area contributed by atoms with E-state index in [0.29, 0.717) is 32.5 Å². The average Bonchev–Trinajstić information content (AvgIpc) is 2.67. The predicted molar refractivity (Wildman–Crippen MR) is 98.2 cm³/mol. The van der Waals surface area contributed by atoms with Gasteiger partial charge in [-0.2, -0.15) is 0 Å². The molecule has 1 saturated heterocycles. The topological polar surface area (TPSA) is 75.7 Å². The molecule has 1 N–H and O–H groups in total. The maximum atomic E-state index is 12.3. The Labute approximate surface area is 154 Å². The van der Waals surface area contributed by atoms with Gasteiger partial charge >= 0.3 is 5.97 Å². The third kappa shape index (κ3) is 5.86. The summed E-state index contributed by atoms with van der Waals surface area (Å²) in [5, 5.41) is 2.92. The third-order valence-electron chi connectivity index (χ3n) is 4.71. The molecule has 0 spiro atoms. The van der Waals surface area contributed by atoms with E-state index < -0.39 is 0 Å². The molecule has 2 amide bonds. The van der Waals surface area contributed by atoms with Crippen molar-refractivity contribution in [3.8, 4) is 0 Å². The highest BCUT2D eigenvalue weighted by atomic mass is 16.5. The van der Waals surface area contributed by atoms with Crippen molar-refractivity contribution in [3.63, 3.8) is 0 Å². The second-order valence-corrected chi connectivity index (χ2v) is 6.61. The van der Waals surface area contributed by atoms with Gasteiger partial charge in [0.2, 0.25) is 11.8 Å². The number of nitrogens with zero attached hydrogens (tertiary/aromatic N) is 1. The van der Waals surface area contributed by atoms with Gasteiger partial charge in [-0.3, -0.25) is 14.4 Å². The summed E-state index contributed by atoms with van der Waals surface area (Å²) in [6.07, 6.45) is 1.62. The van der Waals surface area contributed by atoms with Gasteiger partial charge in [-0.15, -0.1) is 0 Å². The first-order chi connectivity index (χ1) is 12.5. The lowest BCUT2D eigenvalue weighted by Gasteiger charge is -2.31. The Morgan fingerprint density at radius 3 is 2.42 bits per heavy atom. The quantitative estimate of drug-likeness (QED) is 0.758. The number of esters is 1. The van der Waals surface area contributed by atoms with Gasteiger partial charge in [0.05, 0.1) is 18.6 Å². The van der Waals surface area contributed by atoms with E-state index in [-0.39, 0.29) is 42.6 Å². The Balaban J connectivity index is 1.70. The highest BCUT2D eigenvalue weighted by molar-refractivity contribution is 5.84. The Kier molecular flexibility index (Phi) is 7.63. The zero-order valence-electron chi connectivity index (χ0n) is 15.6. The fraction of sp³-hybridized carbons (Fsp3) is 0.550. The second-order valence-electron chi connectivity index (χ2n) is 6.61. The third-order valence-corrected chi connectivity index (χ3v) is 4.71. The minimum Gasteiger partial charge on any atom is -0.466 e. The molecule has 0 radical (unpaired) electrons. The van der Waals surface area contributed by atoms with E-state index >= 15 is 0 Å². The fourth-order valence-electron chi connectivity index (χ4n) is 3.14. The van der Waals surface area contributed by atoms with Crippen LogP contribution in [0, 0.1) is 5.92 Å². The van der Waals surface area contributed by atoms with Crippen molar-refractivity contribution in [2.45, 2.75) is 45.6 Å². The molecule has 1 aliphatic rings. The van der Waals surface area contributed by atoms with Crippen LogP contribution < -0.4 is 5.32 Å². The number of rotatable bonds is 7. The summed E-state index contributed by atoms with van der Waals surface area (Å²) in [4.78, 5) is 37.8. The molecule has 1 atom stereocenters. The van der Waals surface area contributed by atoms with Crippen LogP contribution >= 0.6 is 0 Å². The van der Waals surface area contributed by atoms with Crippen LogP contribution in [0.5, 0.6) is 0 Å². The molecule has 142 valence electrons. The minimum atomic E-state index is -0.172. The minimum absolute atomic E-state index is 0.0326. The van der Waals surface area contributed by atoms with Crippen LogP contribution in [0.2, 0.25) is 0 Å². The Morgan fingerprint density at radius 1 is 1.15 bits per heavy atom. The summed E-state index contributed by atoms with van der Waals surface area (Å²) < 4.78 is 5.03. The first-order valence-corrected chi connectivity index (χ1v) is 9.30. The number of piperidine rings is 1. The zero-order chi connectivity index (χ0) is 18.9. The monoisotopic (exact) mass is 360 g/mol. The first kappa shape index (κ1) is 19.9. The molecule has 2 rings (SSSR count). The predicted octanol–water partition coefficient (Wildman–Crippen LogP) is 2.45. The smallest absolute Gasteiger partial charge is 0.309 e. The summed E-state index contributed by atoms with van der Waals surface area (Å²) in [6.45, 7) is 5.19. The molecule has 0 unspecified atom stereocenters. The van der Waals surface area contributed by atoms with Crippen LogP contribution in [0.15, 0.2) is 30.3 Å². The summed E-state index contributed by atoms with van der Waals surface area (Å²) in [7, 11) is 0. The highest BCUT2D eigenvalue weighted by Crippen LogP contribution is 2.19. The van der Waals surface area contributed by atoms with Gasteiger partial charge in [0.25, 0.3) is 0 Å². The van der Waals surface area contributed by atoms with Crippen LogP contribution in [0.4, 0.5) is 0 Å². The van der Waals surface area contributed by atoms with Crippen molar-refractivity contribution < 1.29 is 19.1 Å². The van der Waals surface area contributed by atoms with Gasteiger partial charge in [-0.25, -0.2) is 0 Å². The highest BCUT2D eigenvalue weighted by Gasteiger charge is 2.28. The number of carbonyl (C=O) groups is 3. The van der Waals surface area contributed by atoms with Gasteiger partial charge < -0.3 is 15.0 Å². The van der Waals surface area contributed by atoms with Crippen molar-refractivity contribution in [1.29, 1.82) is 0 Å². The summed E-state index contributed by atoms with van der Waals surface area (Å²) in [6, 6.07) is 9.64. The van der Waals surface area contributed by atoms with Crippen molar-refractivity contribution >= 4 is 17.8 Å². The number of nitrogens with one attached hydrogen (secondary N) is 1. The van der Waals surface area contributed by atoms with Crippen molar-refractivity contribution in [2.75, 3.05) is 19.7 Å². The van der Waals surface area contributed by atoms with Gasteiger partial charge in [-0.1, -0.05) is 30.3 Å².